The van der Waals surface area contributed by atoms with E-state index in [2.05, 4.69) is 24.9 Å². The topological polar surface area (TPSA) is 79.8 Å². The smallest absolute Gasteiger partial charge is 0.395 e. The number of H-pyrrole nitrogens is 1. The van der Waals surface area contributed by atoms with Crippen LogP contribution in [0.4, 0.5) is 19.0 Å². The molecular weight excluding hydrogens is 457 g/mol. The van der Waals surface area contributed by atoms with Gasteiger partial charge in [-0.15, -0.1) is 0 Å². The molecule has 6 rings (SSSR count). The Morgan fingerprint density at radius 2 is 2.00 bits per heavy atom. The lowest BCUT2D eigenvalue weighted by atomic mass is 9.85. The number of pyridine rings is 1. The molecule has 0 saturated heterocycles. The number of ether oxygens (including phenoxy) is 1. The minimum absolute atomic E-state index is 0.0600. The fourth-order valence-corrected chi connectivity index (χ4v) is 5.11. The minimum Gasteiger partial charge on any atom is -0.491 e. The average molecular weight is 480 g/mol. The van der Waals surface area contributed by atoms with Gasteiger partial charge < -0.3 is 14.6 Å². The lowest BCUT2D eigenvalue weighted by Crippen LogP contribution is -2.32. The highest BCUT2D eigenvalue weighted by Gasteiger charge is 2.45. The van der Waals surface area contributed by atoms with E-state index in [0.29, 0.717) is 49.7 Å². The number of anilines is 1. The molecule has 35 heavy (non-hydrogen) atoms. The van der Waals surface area contributed by atoms with Gasteiger partial charge >= 0.3 is 6.18 Å². The Kier molecular flexibility index (Phi) is 5.12. The maximum absolute atomic E-state index is 13.9. The van der Waals surface area contributed by atoms with Gasteiger partial charge in [0.25, 0.3) is 0 Å². The molecule has 0 saturated carbocycles. The number of alkyl halides is 3. The van der Waals surface area contributed by atoms with E-state index in [-0.39, 0.29) is 12.0 Å². The number of rotatable bonds is 2. The van der Waals surface area contributed by atoms with Crippen LogP contribution in [-0.4, -0.2) is 44.2 Å². The molecule has 1 N–H and O–H groups in total. The summed E-state index contributed by atoms with van der Waals surface area (Å²) in [6.07, 6.45) is -0.122. The molecule has 3 aromatic heterocycles. The van der Waals surface area contributed by atoms with E-state index in [1.165, 1.54) is 6.33 Å². The van der Waals surface area contributed by atoms with E-state index in [1.807, 2.05) is 36.1 Å². The lowest BCUT2D eigenvalue weighted by molar-refractivity contribution is -0.153. The van der Waals surface area contributed by atoms with E-state index >= 15 is 0 Å². The molecule has 1 atom stereocenters. The summed E-state index contributed by atoms with van der Waals surface area (Å²) in [4.78, 5) is 22.4. The van der Waals surface area contributed by atoms with Crippen LogP contribution in [0.5, 0.6) is 5.75 Å². The minimum atomic E-state index is -4.33. The van der Waals surface area contributed by atoms with Crippen molar-refractivity contribution in [3.8, 4) is 16.9 Å². The van der Waals surface area contributed by atoms with Gasteiger partial charge in [-0.25, -0.2) is 19.9 Å². The maximum atomic E-state index is 13.9. The summed E-state index contributed by atoms with van der Waals surface area (Å²) >= 11 is 0. The number of imidazole rings is 1. The highest BCUT2D eigenvalue weighted by Crippen LogP contribution is 2.46. The number of aryl methyl sites for hydroxylation is 2. The fraction of sp³-hybridized carbons (Fsp3) is 0.360. The second kappa shape index (κ2) is 8.21. The van der Waals surface area contributed by atoms with Crippen molar-refractivity contribution in [3.63, 3.8) is 0 Å². The number of aromatic amines is 1. The summed E-state index contributed by atoms with van der Waals surface area (Å²) in [5, 5.41) is 0. The summed E-state index contributed by atoms with van der Waals surface area (Å²) in [7, 11) is 0. The number of hydrogen-bond donors (Lipinski definition) is 1. The molecular formula is C25H23F3N6O. The first-order valence-corrected chi connectivity index (χ1v) is 11.6. The Bertz CT molecular complexity index is 1420. The number of aromatic nitrogens is 5. The molecule has 1 aliphatic heterocycles. The standard InChI is InChI=1S/C25H23F3N6O/c1-14-32-20-10-16(11-29-23(20)33-14)15-5-6-21-17(9-15)12-34(7-8-35-21)24-22-18(25(26,27)28)3-2-4-19(22)30-13-31-24/h5-6,9-11,13,18H,2-4,7-8,12H2,1H3,(H,29,32,33). The summed E-state index contributed by atoms with van der Waals surface area (Å²) in [6, 6.07) is 7.88. The Morgan fingerprint density at radius 3 is 2.86 bits per heavy atom. The van der Waals surface area contributed by atoms with Crippen LogP contribution in [0.2, 0.25) is 0 Å². The van der Waals surface area contributed by atoms with Crippen molar-refractivity contribution in [1.29, 1.82) is 0 Å². The van der Waals surface area contributed by atoms with E-state index < -0.39 is 12.1 Å². The summed E-state index contributed by atoms with van der Waals surface area (Å²) in [6.45, 7) is 3.04. The molecule has 0 fully saturated rings. The number of halogens is 3. The zero-order valence-corrected chi connectivity index (χ0v) is 19.1. The van der Waals surface area contributed by atoms with Crippen molar-refractivity contribution in [2.24, 2.45) is 0 Å². The first kappa shape index (κ1) is 21.8. The maximum Gasteiger partial charge on any atom is 0.395 e. The number of benzene rings is 1. The zero-order chi connectivity index (χ0) is 24.2. The van der Waals surface area contributed by atoms with Crippen molar-refractivity contribution < 1.29 is 17.9 Å². The van der Waals surface area contributed by atoms with Gasteiger partial charge in [0.2, 0.25) is 0 Å². The summed E-state index contributed by atoms with van der Waals surface area (Å²) in [5.74, 6) is 0.321. The largest absolute Gasteiger partial charge is 0.491 e. The molecule has 10 heteroatoms. The van der Waals surface area contributed by atoms with E-state index in [4.69, 9.17) is 4.74 Å². The predicted octanol–water partition coefficient (Wildman–Crippen LogP) is 5.10. The van der Waals surface area contributed by atoms with Crippen LogP contribution in [0.15, 0.2) is 36.8 Å². The molecule has 180 valence electrons. The van der Waals surface area contributed by atoms with Gasteiger partial charge in [-0.05, 0) is 49.9 Å². The summed E-state index contributed by atoms with van der Waals surface area (Å²) < 4.78 is 47.7. The number of nitrogens with zero attached hydrogens (tertiary/aromatic N) is 5. The quantitative estimate of drug-likeness (QED) is 0.430. The number of hydrogen-bond acceptors (Lipinski definition) is 6. The number of fused-ring (bicyclic) bond motifs is 3. The first-order valence-electron chi connectivity index (χ1n) is 11.6. The Hall–Kier alpha value is -3.69. The average Bonchev–Trinajstić information content (AvgIpc) is 3.08. The van der Waals surface area contributed by atoms with Crippen molar-refractivity contribution in [1.82, 2.24) is 24.9 Å². The van der Waals surface area contributed by atoms with Crippen LogP contribution in [0.1, 0.15) is 41.4 Å². The van der Waals surface area contributed by atoms with Gasteiger partial charge in [0, 0.05) is 35.1 Å². The van der Waals surface area contributed by atoms with Crippen LogP contribution in [0.25, 0.3) is 22.3 Å². The van der Waals surface area contributed by atoms with E-state index in [9.17, 15) is 13.2 Å². The highest BCUT2D eigenvalue weighted by atomic mass is 19.4. The SMILES string of the molecule is Cc1nc2ncc(-c3ccc4c(c3)CN(c3ncnc5c3C(C(F)(F)F)CCC5)CCO4)cc2[nH]1. The van der Waals surface area contributed by atoms with Gasteiger partial charge in [-0.1, -0.05) is 6.07 Å². The number of nitrogens with one attached hydrogen (secondary N) is 1. The molecule has 0 radical (unpaired) electrons. The van der Waals surface area contributed by atoms with Crippen LogP contribution in [0.3, 0.4) is 0 Å². The molecule has 4 heterocycles. The molecule has 7 nitrogen and oxygen atoms in total. The highest BCUT2D eigenvalue weighted by molar-refractivity contribution is 5.78. The van der Waals surface area contributed by atoms with Gasteiger partial charge in [0.15, 0.2) is 5.65 Å². The molecule has 0 bridgehead atoms. The normalized spacial score (nSPS) is 18.1. The van der Waals surface area contributed by atoms with Crippen LogP contribution >= 0.6 is 0 Å². The molecule has 0 amide bonds. The van der Waals surface area contributed by atoms with Gasteiger partial charge in [-0.2, -0.15) is 13.2 Å². The molecule has 4 aromatic rings. The van der Waals surface area contributed by atoms with Crippen LogP contribution in [-0.2, 0) is 13.0 Å². The van der Waals surface area contributed by atoms with Crippen molar-refractivity contribution in [3.05, 3.63) is 59.4 Å². The second-order valence-corrected chi connectivity index (χ2v) is 9.05. The van der Waals surface area contributed by atoms with Gasteiger partial charge in [-0.3, -0.25) is 0 Å². The first-order chi connectivity index (χ1) is 16.9. The second-order valence-electron chi connectivity index (χ2n) is 9.05. The van der Waals surface area contributed by atoms with Crippen molar-refractivity contribution in [2.75, 3.05) is 18.1 Å². The summed E-state index contributed by atoms with van der Waals surface area (Å²) in [5.41, 5.74) is 4.95. The Balaban J connectivity index is 1.38. The molecule has 2 aliphatic rings. The van der Waals surface area contributed by atoms with E-state index in [1.54, 1.807) is 6.20 Å². The third kappa shape index (κ3) is 3.96. The Labute approximate surface area is 199 Å². The monoisotopic (exact) mass is 480 g/mol. The van der Waals surface area contributed by atoms with Crippen molar-refractivity contribution in [2.45, 2.75) is 44.8 Å². The van der Waals surface area contributed by atoms with Gasteiger partial charge in [0.05, 0.1) is 18.0 Å². The van der Waals surface area contributed by atoms with Crippen molar-refractivity contribution >= 4 is 17.0 Å². The van der Waals surface area contributed by atoms with E-state index in [0.717, 1.165) is 33.8 Å². The van der Waals surface area contributed by atoms with Crippen LogP contribution in [0, 0.1) is 6.92 Å². The fourth-order valence-electron chi connectivity index (χ4n) is 5.11. The lowest BCUT2D eigenvalue weighted by Gasteiger charge is -2.32. The Morgan fingerprint density at radius 1 is 1.11 bits per heavy atom. The van der Waals surface area contributed by atoms with Crippen LogP contribution < -0.4 is 9.64 Å². The molecule has 0 spiro atoms. The molecule has 1 aromatic carbocycles. The van der Waals surface area contributed by atoms with Gasteiger partial charge in [0.1, 0.15) is 30.3 Å². The molecule has 1 unspecified atom stereocenters. The molecule has 1 aliphatic carbocycles. The third-order valence-corrected chi connectivity index (χ3v) is 6.72. The third-order valence-electron chi connectivity index (χ3n) is 6.72. The predicted molar refractivity (Wildman–Crippen MR) is 124 cm³/mol. The zero-order valence-electron chi connectivity index (χ0n) is 19.1.